The van der Waals surface area contributed by atoms with Crippen LogP contribution in [0.4, 0.5) is 51.2 Å². The number of benzene rings is 17. The van der Waals surface area contributed by atoms with Gasteiger partial charge in [0, 0.05) is 106 Å². The summed E-state index contributed by atoms with van der Waals surface area (Å²) in [5.74, 6) is 0. The maximum absolute atomic E-state index is 10.8. The number of hydrogen-bond donors (Lipinski definition) is 0. The van der Waals surface area contributed by atoms with Crippen LogP contribution in [0.3, 0.4) is 0 Å². The lowest BCUT2D eigenvalue weighted by Crippen LogP contribution is -2.61. The van der Waals surface area contributed by atoms with E-state index < -0.39 is 49.0 Å². The molecule has 2 aliphatic rings. The van der Waals surface area contributed by atoms with E-state index in [1.165, 1.54) is 22.3 Å². The average Bonchev–Trinajstić information content (AvgIpc) is 1.15. The summed E-state index contributed by atoms with van der Waals surface area (Å²) in [6.45, 7) is 40.7. The third-order valence-corrected chi connectivity index (χ3v) is 27.9. The summed E-state index contributed by atoms with van der Waals surface area (Å²) in [5.41, 5.74) is 30.1. The molecule has 0 bridgehead atoms. The molecule has 0 unspecified atom stereocenters. The van der Waals surface area contributed by atoms with Gasteiger partial charge in [0.05, 0.1) is 62.5 Å². The molecule has 652 valence electrons. The molecule has 22 rings (SSSR count). The fraction of sp³-hybridized carbons (Fsp3) is 0.190. The first-order valence-electron chi connectivity index (χ1n) is 51.3. The summed E-state index contributed by atoms with van der Waals surface area (Å²) in [6, 6.07) is 111. The van der Waals surface area contributed by atoms with Crippen molar-refractivity contribution in [3.8, 4) is 61.6 Å². The zero-order valence-electron chi connectivity index (χ0n) is 88.3. The minimum Gasteiger partial charge on any atom is -0.310 e. The van der Waals surface area contributed by atoms with Crippen LogP contribution >= 0.6 is 0 Å². The molecule has 7 heteroatoms. The number of anilines is 9. The first-order valence-corrected chi connectivity index (χ1v) is 46.8. The van der Waals surface area contributed by atoms with Crippen molar-refractivity contribution in [2.24, 2.45) is 0 Å². The minimum atomic E-state index is -0.574. The monoisotopic (exact) mass is 1730 g/mol. The summed E-state index contributed by atoms with van der Waals surface area (Å²) < 4.78 is 94.9. The van der Waals surface area contributed by atoms with Crippen LogP contribution in [0.1, 0.15) is 170 Å². The summed E-state index contributed by atoms with van der Waals surface area (Å²) in [6.07, 6.45) is 0. The Morgan fingerprint density at radius 1 is 0.233 bits per heavy atom. The molecule has 20 aromatic rings. The van der Waals surface area contributed by atoms with Crippen molar-refractivity contribution in [3.63, 3.8) is 0 Å². The van der Waals surface area contributed by atoms with Crippen molar-refractivity contribution >= 4 is 140 Å². The lowest BCUT2D eigenvalue weighted by Gasteiger charge is -2.46. The smallest absolute Gasteiger partial charge is 0.252 e. The maximum atomic E-state index is 10.8. The normalized spacial score (nSPS) is 14.1. The van der Waals surface area contributed by atoms with Crippen LogP contribution in [0.5, 0.6) is 0 Å². The van der Waals surface area contributed by atoms with E-state index in [2.05, 4.69) is 410 Å². The quantitative estimate of drug-likeness (QED) is 0.114. The van der Waals surface area contributed by atoms with Gasteiger partial charge in [-0.05, 0) is 262 Å². The number of aromatic nitrogens is 3. The van der Waals surface area contributed by atoms with Gasteiger partial charge in [-0.1, -0.05) is 337 Å². The predicted octanol–water partition coefficient (Wildman–Crippen LogP) is 33.0. The van der Waals surface area contributed by atoms with Crippen LogP contribution in [-0.4, -0.2) is 20.4 Å². The Kier molecular flexibility index (Phi) is 17.4. The molecule has 0 radical (unpaired) electrons. The zero-order chi connectivity index (χ0) is 99.7. The van der Waals surface area contributed by atoms with Gasteiger partial charge >= 0.3 is 0 Å². The van der Waals surface area contributed by atoms with Crippen LogP contribution in [0.15, 0.2) is 370 Å². The molecule has 0 spiro atoms. The Morgan fingerprint density at radius 3 is 0.895 bits per heavy atom. The number of hydrogen-bond acceptors (Lipinski definition) is 3. The van der Waals surface area contributed by atoms with Gasteiger partial charge in [-0.15, -0.1) is 0 Å². The van der Waals surface area contributed by atoms with E-state index >= 15 is 0 Å². The lowest BCUT2D eigenvalue weighted by molar-refractivity contribution is 0.590. The molecular formula is C126H115BN6. The summed E-state index contributed by atoms with van der Waals surface area (Å²) in [7, 11) is 0. The van der Waals surface area contributed by atoms with E-state index in [0.717, 1.165) is 161 Å². The highest BCUT2D eigenvalue weighted by molar-refractivity contribution is 7.00. The van der Waals surface area contributed by atoms with Crippen molar-refractivity contribution in [1.82, 2.24) is 13.7 Å². The molecule has 0 aliphatic carbocycles. The van der Waals surface area contributed by atoms with Gasteiger partial charge in [0.2, 0.25) is 0 Å². The van der Waals surface area contributed by atoms with Gasteiger partial charge in [-0.2, -0.15) is 0 Å². The molecular weight excluding hydrogens is 1610 g/mol. The predicted molar refractivity (Wildman–Crippen MR) is 572 cm³/mol. The Hall–Kier alpha value is -14.4. The molecule has 6 nitrogen and oxygen atoms in total. The number of nitrogens with zero attached hydrogens (tertiary/aromatic N) is 6. The molecule has 0 fully saturated rings. The van der Waals surface area contributed by atoms with Gasteiger partial charge in [0.1, 0.15) is 0 Å². The van der Waals surface area contributed by atoms with Gasteiger partial charge in [0.15, 0.2) is 0 Å². The van der Waals surface area contributed by atoms with Crippen LogP contribution in [0.25, 0.3) is 127 Å². The summed E-state index contributed by atoms with van der Waals surface area (Å²) >= 11 is 0. The molecule has 17 aromatic carbocycles. The topological polar surface area (TPSA) is 24.5 Å². The maximum Gasteiger partial charge on any atom is 0.252 e. The minimum absolute atomic E-state index is 0.0943. The number of rotatable bonds is 12. The van der Waals surface area contributed by atoms with E-state index in [-0.39, 0.29) is 61.2 Å². The Morgan fingerprint density at radius 2 is 0.541 bits per heavy atom. The number of fused-ring (bicyclic) bond motifs is 13. The van der Waals surface area contributed by atoms with E-state index in [9.17, 15) is 11.0 Å². The fourth-order valence-electron chi connectivity index (χ4n) is 20.7. The highest BCUT2D eigenvalue weighted by Gasteiger charge is 2.47. The summed E-state index contributed by atoms with van der Waals surface area (Å²) in [4.78, 5) is 6.81. The third kappa shape index (κ3) is 14.3. The molecule has 0 N–H and O–H groups in total. The van der Waals surface area contributed by atoms with E-state index in [1.54, 1.807) is 4.90 Å². The highest BCUT2D eigenvalue weighted by Crippen LogP contribution is 2.57. The van der Waals surface area contributed by atoms with Crippen molar-refractivity contribution in [2.75, 3.05) is 14.7 Å². The lowest BCUT2D eigenvalue weighted by atomic mass is 9.33. The van der Waals surface area contributed by atoms with E-state index in [1.807, 2.05) is 53.1 Å². The molecule has 0 atom stereocenters. The second-order valence-electron chi connectivity index (χ2n) is 42.8. The van der Waals surface area contributed by atoms with Gasteiger partial charge in [0.25, 0.3) is 6.71 Å². The van der Waals surface area contributed by atoms with Gasteiger partial charge < -0.3 is 28.4 Å². The fourth-order valence-corrected chi connectivity index (χ4v) is 20.7. The van der Waals surface area contributed by atoms with E-state index in [4.69, 9.17) is 1.37 Å². The second-order valence-corrected chi connectivity index (χ2v) is 42.8. The Labute approximate surface area is 797 Å². The van der Waals surface area contributed by atoms with Crippen molar-refractivity contribution in [1.29, 1.82) is 0 Å². The highest BCUT2D eigenvalue weighted by atomic mass is 15.2. The average molecular weight is 1730 g/mol. The molecule has 0 amide bonds. The molecule has 0 saturated carbocycles. The van der Waals surface area contributed by atoms with Gasteiger partial charge in [-0.25, -0.2) is 0 Å². The standard InChI is InChI=1S/C126H115BN6/c1-121(2,3)84-53-62-109-101(67-84)102-68-85(122(4,5)6)54-63-110(102)129(109)93-57-60-106-114(76-93)132(119-97(80-39-25-19-26-40-80)71-88(125(13,14)15)72-98(119)81-41-27-20-28-42-81)116-78-95(131-108-52-38-37-51-96(108)105-75-92(59-66-113(105)131)128(90-47-33-23-34-48-90)91-49-35-24-36-50-91)79-117-118(116)127(106)107-61-58-94(130-111-64-55-86(123(7,8)9)69-103(111)104-70-87(124(10,11)12)56-65-112(104)130)77-115(107)133(117)120-99(82-43-29-21-30-44-82)73-89(126(16,17)18)74-100(120)83-45-31-22-32-46-83/h19-79H,1-18H3/i23D,33D,34D,37D,38D,47D,48D,51D,52D. The molecule has 0 saturated heterocycles. The Bertz CT molecular complexity index is 7970. The van der Waals surface area contributed by atoms with Crippen LogP contribution in [0.2, 0.25) is 0 Å². The first-order chi connectivity index (χ1) is 67.5. The third-order valence-electron chi connectivity index (χ3n) is 27.9. The van der Waals surface area contributed by atoms with E-state index in [0.29, 0.717) is 28.0 Å². The number of para-hydroxylation sites is 3. The summed E-state index contributed by atoms with van der Waals surface area (Å²) in [5, 5.41) is 5.26. The molecule has 2 aliphatic heterocycles. The van der Waals surface area contributed by atoms with Crippen molar-refractivity contribution < 1.29 is 12.3 Å². The van der Waals surface area contributed by atoms with Crippen LogP contribution in [0, 0.1) is 0 Å². The van der Waals surface area contributed by atoms with Crippen LogP contribution < -0.4 is 31.1 Å². The van der Waals surface area contributed by atoms with Gasteiger partial charge in [-0.3, -0.25) is 0 Å². The first kappa shape index (κ1) is 74.3. The van der Waals surface area contributed by atoms with Crippen LogP contribution in [-0.2, 0) is 32.5 Å². The van der Waals surface area contributed by atoms with Crippen molar-refractivity contribution in [3.05, 3.63) is 403 Å². The SMILES string of the molecule is [2H]c1c([2H])c([2H])c(N(c2ccccc2)c2ccc3c(c2)c2c([2H])c([2H])c([2H])c([2H])c2n3-c2cc3c4c(c2)N(c2c(-c5ccccc5)cc(C(C)(C)C)cc2-c2ccccc2)c2cc(-n5c6ccc(C(C)(C)C)cc6c6cc(C(C)(C)C)ccc65)ccc2B4c2ccc(-n4c5ccc(C(C)(C)C)cc5c5cc(C(C)(C)C)ccc54)cc2N3c2c(-c3ccccc3)cc(C(C)(C)C)cc2-c2ccccc2)c([2H])c1[2H]. The molecule has 3 aromatic heterocycles. The molecule has 133 heavy (non-hydrogen) atoms. The zero-order valence-corrected chi connectivity index (χ0v) is 79.3. The second kappa shape index (κ2) is 31.1. The molecule has 5 heterocycles. The largest absolute Gasteiger partial charge is 0.310 e. The van der Waals surface area contributed by atoms with Crippen molar-refractivity contribution in [2.45, 2.75) is 157 Å². The Balaban J connectivity index is 0.968.